The number of sulfonamides is 1. The highest BCUT2D eigenvalue weighted by molar-refractivity contribution is 7.92. The van der Waals surface area contributed by atoms with Crippen molar-refractivity contribution in [2.24, 2.45) is 0 Å². The monoisotopic (exact) mass is 507 g/mol. The van der Waals surface area contributed by atoms with Crippen molar-refractivity contribution in [3.63, 3.8) is 0 Å². The minimum Gasteiger partial charge on any atom is -0.298 e. The topological polar surface area (TPSA) is 88.2 Å². The number of nitrogens with one attached hydrogen (secondary N) is 2. The minimum atomic E-state index is -4.01. The Balaban J connectivity index is 1.34. The minimum absolute atomic E-state index is 0.108. The summed E-state index contributed by atoms with van der Waals surface area (Å²) in [7, 11) is -4.01. The standard InChI is InChI=1S/C26H22FN3O3S2/c27-20-11-13-21(14-12-20)35(32,33)30-23-8-4-3-7-22(23)25(31)29-26-28-24(16-34-26)19-10-9-17-5-1-2-6-18(17)15-19/h3-4,7-16,30H,1-2,5-6H2,(H,28,29,31). The maximum Gasteiger partial charge on any atom is 0.261 e. The molecule has 5 rings (SSSR count). The van der Waals surface area contributed by atoms with E-state index >= 15 is 0 Å². The SMILES string of the molecule is O=C(Nc1nc(-c2ccc3c(c2)CCCC3)cs1)c1ccccc1NS(=O)(=O)c1ccc(F)cc1. The van der Waals surface area contributed by atoms with E-state index in [1.165, 1.54) is 47.4 Å². The molecule has 4 aromatic rings. The van der Waals surface area contributed by atoms with Gasteiger partial charge in [-0.3, -0.25) is 14.8 Å². The summed E-state index contributed by atoms with van der Waals surface area (Å²) in [6.07, 6.45) is 4.60. The van der Waals surface area contributed by atoms with Gasteiger partial charge in [-0.15, -0.1) is 11.3 Å². The fourth-order valence-electron chi connectivity index (χ4n) is 4.11. The van der Waals surface area contributed by atoms with Gasteiger partial charge < -0.3 is 0 Å². The number of carbonyl (C=O) groups excluding carboxylic acids is 1. The molecular formula is C26H22FN3O3S2. The smallest absolute Gasteiger partial charge is 0.261 e. The lowest BCUT2D eigenvalue weighted by molar-refractivity contribution is 0.102. The quantitative estimate of drug-likeness (QED) is 0.341. The lowest BCUT2D eigenvalue weighted by atomic mass is 9.90. The first-order valence-electron chi connectivity index (χ1n) is 11.2. The number of amides is 1. The number of carbonyl (C=O) groups is 1. The molecule has 2 N–H and O–H groups in total. The average molecular weight is 508 g/mol. The number of hydrogen-bond donors (Lipinski definition) is 2. The molecule has 1 aromatic heterocycles. The van der Waals surface area contributed by atoms with E-state index in [1.807, 2.05) is 5.38 Å². The Bertz CT molecular complexity index is 1500. The largest absolute Gasteiger partial charge is 0.298 e. The molecule has 0 bridgehead atoms. The number of benzene rings is 3. The fraction of sp³-hybridized carbons (Fsp3) is 0.154. The van der Waals surface area contributed by atoms with Crippen LogP contribution in [-0.4, -0.2) is 19.3 Å². The number of anilines is 2. The molecule has 0 radical (unpaired) electrons. The zero-order chi connectivity index (χ0) is 24.4. The summed E-state index contributed by atoms with van der Waals surface area (Å²) < 4.78 is 41.1. The van der Waals surface area contributed by atoms with E-state index in [9.17, 15) is 17.6 Å². The second kappa shape index (κ2) is 9.59. The van der Waals surface area contributed by atoms with Crippen LogP contribution < -0.4 is 10.0 Å². The number of hydrogen-bond acceptors (Lipinski definition) is 5. The molecule has 0 unspecified atom stereocenters. The molecule has 0 fully saturated rings. The van der Waals surface area contributed by atoms with Crippen LogP contribution in [0, 0.1) is 5.82 Å². The molecule has 0 saturated heterocycles. The van der Waals surface area contributed by atoms with Crippen molar-refractivity contribution in [3.8, 4) is 11.3 Å². The van der Waals surface area contributed by atoms with Gasteiger partial charge in [-0.05, 0) is 79.3 Å². The number of halogens is 1. The molecule has 9 heteroatoms. The number of thiazole rings is 1. The van der Waals surface area contributed by atoms with Gasteiger partial charge in [-0.2, -0.15) is 0 Å². The van der Waals surface area contributed by atoms with E-state index in [-0.39, 0.29) is 16.1 Å². The van der Waals surface area contributed by atoms with E-state index in [0.29, 0.717) is 5.13 Å². The molecule has 0 spiro atoms. The normalized spacial score (nSPS) is 13.2. The van der Waals surface area contributed by atoms with E-state index in [0.717, 1.165) is 48.4 Å². The fourth-order valence-corrected chi connectivity index (χ4v) is 5.90. The van der Waals surface area contributed by atoms with Crippen molar-refractivity contribution in [1.29, 1.82) is 0 Å². The average Bonchev–Trinajstić information content (AvgIpc) is 3.32. The van der Waals surface area contributed by atoms with Crippen LogP contribution in [0.3, 0.4) is 0 Å². The number of para-hydroxylation sites is 1. The van der Waals surface area contributed by atoms with Crippen LogP contribution in [-0.2, 0) is 22.9 Å². The highest BCUT2D eigenvalue weighted by atomic mass is 32.2. The Morgan fingerprint density at radius 3 is 2.49 bits per heavy atom. The predicted octanol–water partition coefficient (Wildman–Crippen LogP) is 5.88. The first-order valence-corrected chi connectivity index (χ1v) is 13.5. The predicted molar refractivity (Wildman–Crippen MR) is 136 cm³/mol. The Morgan fingerprint density at radius 1 is 0.943 bits per heavy atom. The second-order valence-corrected chi connectivity index (χ2v) is 10.8. The molecule has 1 aliphatic rings. The lowest BCUT2D eigenvalue weighted by Crippen LogP contribution is -2.18. The van der Waals surface area contributed by atoms with Crippen LogP contribution in [0.1, 0.15) is 34.3 Å². The van der Waals surface area contributed by atoms with Crippen molar-refractivity contribution in [1.82, 2.24) is 4.98 Å². The van der Waals surface area contributed by atoms with Gasteiger partial charge in [-0.25, -0.2) is 17.8 Å². The zero-order valence-electron chi connectivity index (χ0n) is 18.6. The highest BCUT2D eigenvalue weighted by Crippen LogP contribution is 2.30. The molecule has 178 valence electrons. The van der Waals surface area contributed by atoms with Gasteiger partial charge in [0.2, 0.25) is 0 Å². The number of nitrogens with zero attached hydrogens (tertiary/aromatic N) is 1. The van der Waals surface area contributed by atoms with Gasteiger partial charge in [0.05, 0.1) is 21.8 Å². The van der Waals surface area contributed by atoms with Crippen LogP contribution >= 0.6 is 11.3 Å². The molecule has 0 atom stereocenters. The van der Waals surface area contributed by atoms with E-state index in [4.69, 9.17) is 0 Å². The van der Waals surface area contributed by atoms with Crippen molar-refractivity contribution in [2.75, 3.05) is 10.0 Å². The summed E-state index contributed by atoms with van der Waals surface area (Å²) in [4.78, 5) is 17.5. The summed E-state index contributed by atoms with van der Waals surface area (Å²) in [6, 6.07) is 17.1. The summed E-state index contributed by atoms with van der Waals surface area (Å²) >= 11 is 1.30. The van der Waals surface area contributed by atoms with Gasteiger partial charge in [0.15, 0.2) is 5.13 Å². The molecule has 0 saturated carbocycles. The van der Waals surface area contributed by atoms with Gasteiger partial charge in [0.25, 0.3) is 15.9 Å². The summed E-state index contributed by atoms with van der Waals surface area (Å²) in [5, 5.41) is 5.08. The van der Waals surface area contributed by atoms with Crippen LogP contribution in [0.5, 0.6) is 0 Å². The van der Waals surface area contributed by atoms with Gasteiger partial charge in [0.1, 0.15) is 5.82 Å². The maximum atomic E-state index is 13.2. The van der Waals surface area contributed by atoms with E-state index in [2.05, 4.69) is 33.2 Å². The third-order valence-corrected chi connectivity index (χ3v) is 8.05. The number of aryl methyl sites for hydroxylation is 2. The van der Waals surface area contributed by atoms with Crippen molar-refractivity contribution in [3.05, 3.63) is 94.6 Å². The molecular weight excluding hydrogens is 485 g/mol. The zero-order valence-corrected chi connectivity index (χ0v) is 20.3. The Hall–Kier alpha value is -3.56. The first kappa shape index (κ1) is 23.2. The molecule has 6 nitrogen and oxygen atoms in total. The third-order valence-electron chi connectivity index (χ3n) is 5.91. The first-order chi connectivity index (χ1) is 16.9. The Kier molecular flexibility index (Phi) is 6.36. The molecule has 3 aromatic carbocycles. The number of aromatic nitrogens is 1. The van der Waals surface area contributed by atoms with Crippen molar-refractivity contribution in [2.45, 2.75) is 30.6 Å². The molecule has 1 heterocycles. The Morgan fingerprint density at radius 2 is 1.69 bits per heavy atom. The van der Waals surface area contributed by atoms with E-state index in [1.54, 1.807) is 12.1 Å². The van der Waals surface area contributed by atoms with Gasteiger partial charge in [0, 0.05) is 10.9 Å². The second-order valence-electron chi connectivity index (χ2n) is 8.29. The molecule has 35 heavy (non-hydrogen) atoms. The summed E-state index contributed by atoms with van der Waals surface area (Å²) in [5.41, 5.74) is 4.79. The molecule has 0 aliphatic heterocycles. The van der Waals surface area contributed by atoms with Gasteiger partial charge in [-0.1, -0.05) is 24.3 Å². The van der Waals surface area contributed by atoms with E-state index < -0.39 is 21.7 Å². The van der Waals surface area contributed by atoms with Crippen LogP contribution in [0.15, 0.2) is 77.0 Å². The van der Waals surface area contributed by atoms with Crippen molar-refractivity contribution < 1.29 is 17.6 Å². The summed E-state index contributed by atoms with van der Waals surface area (Å²) in [5.74, 6) is -1.03. The molecule has 1 aliphatic carbocycles. The number of fused-ring (bicyclic) bond motifs is 1. The third kappa shape index (κ3) is 5.11. The Labute approximate surface area is 206 Å². The van der Waals surface area contributed by atoms with Crippen LogP contribution in [0.4, 0.5) is 15.2 Å². The van der Waals surface area contributed by atoms with Crippen molar-refractivity contribution >= 4 is 38.1 Å². The van der Waals surface area contributed by atoms with Crippen LogP contribution in [0.25, 0.3) is 11.3 Å². The van der Waals surface area contributed by atoms with Crippen LogP contribution in [0.2, 0.25) is 0 Å². The maximum absolute atomic E-state index is 13.2. The molecule has 1 amide bonds. The summed E-state index contributed by atoms with van der Waals surface area (Å²) in [6.45, 7) is 0. The number of rotatable bonds is 6. The lowest BCUT2D eigenvalue weighted by Gasteiger charge is -2.16. The van der Waals surface area contributed by atoms with Gasteiger partial charge >= 0.3 is 0 Å². The highest BCUT2D eigenvalue weighted by Gasteiger charge is 2.20.